The lowest BCUT2D eigenvalue weighted by molar-refractivity contribution is 0.386. The van der Waals surface area contributed by atoms with Gasteiger partial charge in [0.15, 0.2) is 11.6 Å². The molecule has 0 bridgehead atoms. The van der Waals surface area contributed by atoms with Crippen LogP contribution in [0.25, 0.3) is 11.1 Å². The topological polar surface area (TPSA) is 21.3 Å². The van der Waals surface area contributed by atoms with Crippen LogP contribution in [0.2, 0.25) is 0 Å². The van der Waals surface area contributed by atoms with Crippen LogP contribution in [0, 0.1) is 5.82 Å². The van der Waals surface area contributed by atoms with Crippen LogP contribution in [0.3, 0.4) is 0 Å². The minimum Gasteiger partial charge on any atom is -0.494 e. The Labute approximate surface area is 119 Å². The first-order chi connectivity index (χ1) is 9.69. The number of ether oxygens (including phenoxy) is 1. The molecule has 1 N–H and O–H groups in total. The molecule has 2 rings (SSSR count). The highest BCUT2D eigenvalue weighted by Crippen LogP contribution is 2.27. The van der Waals surface area contributed by atoms with Crippen molar-refractivity contribution in [1.29, 1.82) is 0 Å². The standard InChI is InChI=1S/C17H20FNO/c1-4-16(19-2)13-7-5-12(6-8-13)14-9-10-17(20-3)15(18)11-14/h5-11,16,19H,4H2,1-3H3. The van der Waals surface area contributed by atoms with Crippen LogP contribution >= 0.6 is 0 Å². The summed E-state index contributed by atoms with van der Waals surface area (Å²) in [5, 5.41) is 3.27. The van der Waals surface area contributed by atoms with Gasteiger partial charge in [-0.3, -0.25) is 0 Å². The summed E-state index contributed by atoms with van der Waals surface area (Å²) in [4.78, 5) is 0. The molecule has 1 unspecified atom stereocenters. The van der Waals surface area contributed by atoms with Crippen molar-refractivity contribution in [3.05, 3.63) is 53.8 Å². The molecule has 0 spiro atoms. The summed E-state index contributed by atoms with van der Waals surface area (Å²) in [5.74, 6) is -0.0673. The average molecular weight is 273 g/mol. The molecule has 0 heterocycles. The summed E-state index contributed by atoms with van der Waals surface area (Å²) in [5.41, 5.74) is 3.10. The fourth-order valence-electron chi connectivity index (χ4n) is 2.36. The lowest BCUT2D eigenvalue weighted by Gasteiger charge is -2.14. The van der Waals surface area contributed by atoms with E-state index in [0.717, 1.165) is 17.5 Å². The lowest BCUT2D eigenvalue weighted by Crippen LogP contribution is -2.14. The fraction of sp³-hybridized carbons (Fsp3) is 0.294. The molecule has 0 aromatic heterocycles. The highest BCUT2D eigenvalue weighted by atomic mass is 19.1. The van der Waals surface area contributed by atoms with Crippen molar-refractivity contribution < 1.29 is 9.13 Å². The molecule has 0 amide bonds. The molecule has 0 aliphatic heterocycles. The molecule has 2 aromatic rings. The van der Waals surface area contributed by atoms with Crippen molar-refractivity contribution in [2.45, 2.75) is 19.4 Å². The first-order valence-corrected chi connectivity index (χ1v) is 6.80. The lowest BCUT2D eigenvalue weighted by atomic mass is 9.99. The molecule has 1 atom stereocenters. The molecule has 2 nitrogen and oxygen atoms in total. The van der Waals surface area contributed by atoms with Gasteiger partial charge >= 0.3 is 0 Å². The first kappa shape index (κ1) is 14.5. The van der Waals surface area contributed by atoms with E-state index >= 15 is 0 Å². The van der Waals surface area contributed by atoms with E-state index in [1.807, 2.05) is 25.2 Å². The van der Waals surface area contributed by atoms with E-state index in [9.17, 15) is 4.39 Å². The van der Waals surface area contributed by atoms with E-state index in [0.29, 0.717) is 6.04 Å². The Bertz CT molecular complexity index is 562. The zero-order valence-electron chi connectivity index (χ0n) is 12.1. The largest absolute Gasteiger partial charge is 0.494 e. The highest BCUT2D eigenvalue weighted by Gasteiger charge is 2.08. The molecule has 0 aliphatic rings. The maximum atomic E-state index is 13.7. The van der Waals surface area contributed by atoms with E-state index < -0.39 is 0 Å². The summed E-state index contributed by atoms with van der Waals surface area (Å²) in [6, 6.07) is 13.6. The zero-order valence-corrected chi connectivity index (χ0v) is 12.1. The van der Waals surface area contributed by atoms with E-state index in [2.05, 4.69) is 24.4 Å². The summed E-state index contributed by atoms with van der Waals surface area (Å²) < 4.78 is 18.7. The zero-order chi connectivity index (χ0) is 14.5. The molecule has 0 saturated carbocycles. The molecule has 20 heavy (non-hydrogen) atoms. The summed E-state index contributed by atoms with van der Waals surface area (Å²) in [6.45, 7) is 2.15. The third kappa shape index (κ3) is 2.99. The minimum absolute atomic E-state index is 0.270. The second kappa shape index (κ2) is 6.53. The number of methoxy groups -OCH3 is 1. The van der Waals surface area contributed by atoms with Crippen molar-refractivity contribution in [1.82, 2.24) is 5.32 Å². The van der Waals surface area contributed by atoms with E-state index in [1.54, 1.807) is 6.07 Å². The van der Waals surface area contributed by atoms with Crippen LogP contribution in [0.1, 0.15) is 24.9 Å². The fourth-order valence-corrected chi connectivity index (χ4v) is 2.36. The predicted octanol–water partition coefficient (Wildman–Crippen LogP) is 4.17. The number of halogens is 1. The number of benzene rings is 2. The Kier molecular flexibility index (Phi) is 4.74. The van der Waals surface area contributed by atoms with Crippen LogP contribution in [-0.2, 0) is 0 Å². The van der Waals surface area contributed by atoms with Gasteiger partial charge in [0.2, 0.25) is 0 Å². The number of hydrogen-bond donors (Lipinski definition) is 1. The first-order valence-electron chi connectivity index (χ1n) is 6.80. The SMILES string of the molecule is CCC(NC)c1ccc(-c2ccc(OC)c(F)c2)cc1. The second-order valence-corrected chi connectivity index (χ2v) is 4.72. The van der Waals surface area contributed by atoms with Gasteiger partial charge in [-0.15, -0.1) is 0 Å². The van der Waals surface area contributed by atoms with Gasteiger partial charge in [0.1, 0.15) is 0 Å². The Morgan fingerprint density at radius 1 is 1.10 bits per heavy atom. The van der Waals surface area contributed by atoms with Gasteiger partial charge in [0, 0.05) is 6.04 Å². The van der Waals surface area contributed by atoms with Gasteiger partial charge in [-0.05, 0) is 42.3 Å². The maximum absolute atomic E-state index is 13.7. The van der Waals surface area contributed by atoms with Crippen LogP contribution in [0.4, 0.5) is 4.39 Å². The predicted molar refractivity (Wildman–Crippen MR) is 80.5 cm³/mol. The molecule has 0 radical (unpaired) electrons. The smallest absolute Gasteiger partial charge is 0.165 e. The molecular weight excluding hydrogens is 253 g/mol. The Hall–Kier alpha value is -1.87. The number of nitrogens with one attached hydrogen (secondary N) is 1. The second-order valence-electron chi connectivity index (χ2n) is 4.72. The van der Waals surface area contributed by atoms with Crippen LogP contribution < -0.4 is 10.1 Å². The number of rotatable bonds is 5. The van der Waals surface area contributed by atoms with Crippen LogP contribution in [-0.4, -0.2) is 14.2 Å². The quantitative estimate of drug-likeness (QED) is 0.882. The van der Waals surface area contributed by atoms with Gasteiger partial charge < -0.3 is 10.1 Å². The summed E-state index contributed by atoms with van der Waals surface area (Å²) in [7, 11) is 3.43. The van der Waals surface area contributed by atoms with Gasteiger partial charge in [0.25, 0.3) is 0 Å². The van der Waals surface area contributed by atoms with Crippen molar-refractivity contribution in [2.24, 2.45) is 0 Å². The monoisotopic (exact) mass is 273 g/mol. The van der Waals surface area contributed by atoms with Gasteiger partial charge in [-0.1, -0.05) is 37.3 Å². The third-order valence-corrected chi connectivity index (χ3v) is 3.55. The molecule has 106 valence electrons. The third-order valence-electron chi connectivity index (χ3n) is 3.55. The van der Waals surface area contributed by atoms with Crippen LogP contribution in [0.5, 0.6) is 5.75 Å². The molecule has 0 fully saturated rings. The van der Waals surface area contributed by atoms with Crippen molar-refractivity contribution in [3.63, 3.8) is 0 Å². The summed E-state index contributed by atoms with van der Waals surface area (Å²) >= 11 is 0. The normalized spacial score (nSPS) is 12.2. The Morgan fingerprint density at radius 3 is 2.25 bits per heavy atom. The molecule has 2 aromatic carbocycles. The Balaban J connectivity index is 2.28. The van der Waals surface area contributed by atoms with Gasteiger partial charge in [-0.25, -0.2) is 4.39 Å². The van der Waals surface area contributed by atoms with Crippen molar-refractivity contribution >= 4 is 0 Å². The number of hydrogen-bond acceptors (Lipinski definition) is 2. The molecule has 3 heteroatoms. The van der Waals surface area contributed by atoms with Crippen molar-refractivity contribution in [2.75, 3.05) is 14.2 Å². The van der Waals surface area contributed by atoms with Crippen LogP contribution in [0.15, 0.2) is 42.5 Å². The van der Waals surface area contributed by atoms with E-state index in [4.69, 9.17) is 4.74 Å². The minimum atomic E-state index is -0.337. The average Bonchev–Trinajstić information content (AvgIpc) is 2.49. The van der Waals surface area contributed by atoms with E-state index in [-0.39, 0.29) is 11.6 Å². The van der Waals surface area contributed by atoms with Crippen molar-refractivity contribution in [3.8, 4) is 16.9 Å². The Morgan fingerprint density at radius 2 is 1.75 bits per heavy atom. The molecule has 0 aliphatic carbocycles. The maximum Gasteiger partial charge on any atom is 0.165 e. The van der Waals surface area contributed by atoms with Gasteiger partial charge in [-0.2, -0.15) is 0 Å². The van der Waals surface area contributed by atoms with Gasteiger partial charge in [0.05, 0.1) is 7.11 Å². The van der Waals surface area contributed by atoms with E-state index in [1.165, 1.54) is 18.7 Å². The molecule has 0 saturated heterocycles. The molecular formula is C17H20FNO. The summed E-state index contributed by atoms with van der Waals surface area (Å²) in [6.07, 6.45) is 1.03. The highest BCUT2D eigenvalue weighted by molar-refractivity contribution is 5.64.